The minimum Gasteiger partial charge on any atom is -0.438 e. The summed E-state index contributed by atoms with van der Waals surface area (Å²) in [4.78, 5) is 8.29. The van der Waals surface area contributed by atoms with Crippen LogP contribution < -0.4 is 4.74 Å². The summed E-state index contributed by atoms with van der Waals surface area (Å²) in [5, 5.41) is 0.952. The van der Waals surface area contributed by atoms with E-state index in [0.29, 0.717) is 21.9 Å². The van der Waals surface area contributed by atoms with Crippen LogP contribution in [0, 0.1) is 6.92 Å². The lowest BCUT2D eigenvalue weighted by Gasteiger charge is -2.08. The highest BCUT2D eigenvalue weighted by atomic mass is 79.9. The van der Waals surface area contributed by atoms with Crippen molar-refractivity contribution in [2.24, 2.45) is 0 Å². The first-order valence-electron chi connectivity index (χ1n) is 5.11. The molecule has 0 N–H and O–H groups in total. The summed E-state index contributed by atoms with van der Waals surface area (Å²) in [5.74, 6) is 1.13. The van der Waals surface area contributed by atoms with E-state index in [9.17, 15) is 0 Å². The van der Waals surface area contributed by atoms with E-state index in [1.165, 1.54) is 11.8 Å². The van der Waals surface area contributed by atoms with Gasteiger partial charge in [-0.3, -0.25) is 0 Å². The summed E-state index contributed by atoms with van der Waals surface area (Å²) in [7, 11) is 0. The summed E-state index contributed by atoms with van der Waals surface area (Å²) in [6.07, 6.45) is 1.89. The zero-order valence-electron chi connectivity index (χ0n) is 9.78. The molecular weight excluding hydrogens is 336 g/mol. The van der Waals surface area contributed by atoms with Crippen LogP contribution in [-0.4, -0.2) is 16.2 Å². The van der Waals surface area contributed by atoms with Crippen LogP contribution in [0.3, 0.4) is 0 Å². The molecule has 0 atom stereocenters. The lowest BCUT2D eigenvalue weighted by atomic mass is 10.2. The third kappa shape index (κ3) is 3.37. The lowest BCUT2D eigenvalue weighted by Crippen LogP contribution is -1.93. The van der Waals surface area contributed by atoms with Crippen molar-refractivity contribution in [3.05, 3.63) is 39.5 Å². The maximum atomic E-state index is 5.90. The van der Waals surface area contributed by atoms with E-state index in [1.807, 2.05) is 31.4 Å². The van der Waals surface area contributed by atoms with E-state index in [4.69, 9.17) is 16.3 Å². The van der Waals surface area contributed by atoms with Crippen LogP contribution in [0.2, 0.25) is 5.15 Å². The molecule has 0 saturated heterocycles. The van der Waals surface area contributed by atoms with Crippen LogP contribution in [0.1, 0.15) is 5.56 Å². The number of benzene rings is 1. The summed E-state index contributed by atoms with van der Waals surface area (Å²) >= 11 is 10.8. The Morgan fingerprint density at radius 3 is 2.72 bits per heavy atom. The Morgan fingerprint density at radius 2 is 2.06 bits per heavy atom. The van der Waals surface area contributed by atoms with Crippen LogP contribution in [0.4, 0.5) is 0 Å². The molecule has 0 aliphatic heterocycles. The number of hydrogen-bond donors (Lipinski definition) is 0. The highest BCUT2D eigenvalue weighted by Gasteiger charge is 2.07. The van der Waals surface area contributed by atoms with Crippen LogP contribution in [0.25, 0.3) is 0 Å². The zero-order chi connectivity index (χ0) is 13.1. The Morgan fingerprint density at radius 1 is 1.28 bits per heavy atom. The average Bonchev–Trinajstić information content (AvgIpc) is 2.32. The van der Waals surface area contributed by atoms with Gasteiger partial charge in [-0.05, 0) is 46.8 Å². The SMILES string of the molecule is CSc1nc(Cl)cc(Oc2ccc(C)cc2Br)n1. The fraction of sp³-hybridized carbons (Fsp3) is 0.167. The molecule has 6 heteroatoms. The summed E-state index contributed by atoms with van der Waals surface area (Å²) in [6, 6.07) is 7.42. The maximum Gasteiger partial charge on any atom is 0.224 e. The molecule has 94 valence electrons. The molecule has 1 aromatic heterocycles. The smallest absolute Gasteiger partial charge is 0.224 e. The minimum atomic E-state index is 0.368. The number of nitrogens with zero attached hydrogens (tertiary/aromatic N) is 2. The van der Waals surface area contributed by atoms with Crippen LogP contribution in [0.15, 0.2) is 33.9 Å². The second-order valence-corrected chi connectivity index (χ2v) is 5.57. The molecule has 0 spiro atoms. The summed E-state index contributed by atoms with van der Waals surface area (Å²) < 4.78 is 6.57. The second kappa shape index (κ2) is 5.91. The van der Waals surface area contributed by atoms with Crippen molar-refractivity contribution in [2.45, 2.75) is 12.1 Å². The normalized spacial score (nSPS) is 10.4. The van der Waals surface area contributed by atoms with Crippen molar-refractivity contribution in [3.63, 3.8) is 0 Å². The van der Waals surface area contributed by atoms with Gasteiger partial charge in [0.2, 0.25) is 5.88 Å². The first kappa shape index (κ1) is 13.6. The molecule has 0 amide bonds. The van der Waals surface area contributed by atoms with Crippen molar-refractivity contribution in [1.29, 1.82) is 0 Å². The Labute approximate surface area is 123 Å². The van der Waals surface area contributed by atoms with E-state index in [0.717, 1.165) is 10.0 Å². The van der Waals surface area contributed by atoms with Gasteiger partial charge in [0, 0.05) is 6.07 Å². The van der Waals surface area contributed by atoms with Gasteiger partial charge in [-0.15, -0.1) is 0 Å². The topological polar surface area (TPSA) is 35.0 Å². The van der Waals surface area contributed by atoms with Gasteiger partial charge in [0.1, 0.15) is 10.9 Å². The molecule has 2 aromatic rings. The molecule has 0 fully saturated rings. The van der Waals surface area contributed by atoms with E-state index < -0.39 is 0 Å². The molecule has 1 heterocycles. The van der Waals surface area contributed by atoms with Gasteiger partial charge in [0.15, 0.2) is 5.16 Å². The van der Waals surface area contributed by atoms with Crippen molar-refractivity contribution >= 4 is 39.3 Å². The van der Waals surface area contributed by atoms with Gasteiger partial charge >= 0.3 is 0 Å². The molecule has 2 rings (SSSR count). The highest BCUT2D eigenvalue weighted by Crippen LogP contribution is 2.30. The van der Waals surface area contributed by atoms with E-state index in [-0.39, 0.29) is 0 Å². The van der Waals surface area contributed by atoms with E-state index >= 15 is 0 Å². The third-order valence-electron chi connectivity index (χ3n) is 2.14. The molecule has 0 bridgehead atoms. The van der Waals surface area contributed by atoms with Crippen LogP contribution in [-0.2, 0) is 0 Å². The standard InChI is InChI=1S/C12H10BrClN2OS/c1-7-3-4-9(8(13)5-7)17-11-6-10(14)15-12(16-11)18-2/h3-6H,1-2H3. The quantitative estimate of drug-likeness (QED) is 0.458. The van der Waals surface area contributed by atoms with Gasteiger partial charge in [-0.1, -0.05) is 29.4 Å². The van der Waals surface area contributed by atoms with Crippen molar-refractivity contribution in [1.82, 2.24) is 9.97 Å². The second-order valence-electron chi connectivity index (χ2n) is 3.55. The third-order valence-corrected chi connectivity index (χ3v) is 3.50. The van der Waals surface area contributed by atoms with Crippen LogP contribution >= 0.6 is 39.3 Å². The van der Waals surface area contributed by atoms with Gasteiger partial charge in [-0.2, -0.15) is 4.98 Å². The Kier molecular flexibility index (Phi) is 4.48. The number of rotatable bonds is 3. The molecule has 0 radical (unpaired) electrons. The number of aryl methyl sites for hydroxylation is 1. The van der Waals surface area contributed by atoms with Gasteiger partial charge in [0.25, 0.3) is 0 Å². The fourth-order valence-electron chi connectivity index (χ4n) is 1.32. The minimum absolute atomic E-state index is 0.368. The Bertz CT molecular complexity index is 580. The van der Waals surface area contributed by atoms with Crippen molar-refractivity contribution in [3.8, 4) is 11.6 Å². The Hall–Kier alpha value is -0.780. The molecule has 0 aliphatic carbocycles. The van der Waals surface area contributed by atoms with Gasteiger partial charge < -0.3 is 4.74 Å². The maximum absolute atomic E-state index is 5.90. The summed E-state index contributed by atoms with van der Waals surface area (Å²) in [5.41, 5.74) is 1.15. The predicted octanol–water partition coefficient (Wildman–Crippen LogP) is 4.72. The molecule has 0 saturated carbocycles. The molecule has 1 aromatic carbocycles. The van der Waals surface area contributed by atoms with Crippen LogP contribution in [0.5, 0.6) is 11.6 Å². The molecule has 18 heavy (non-hydrogen) atoms. The molecular formula is C12H10BrClN2OS. The van der Waals surface area contributed by atoms with Crippen molar-refractivity contribution < 1.29 is 4.74 Å². The predicted molar refractivity (Wildman–Crippen MR) is 77.8 cm³/mol. The molecule has 0 aliphatic rings. The first-order valence-corrected chi connectivity index (χ1v) is 7.50. The van der Waals surface area contributed by atoms with Gasteiger partial charge in [0.05, 0.1) is 4.47 Å². The zero-order valence-corrected chi connectivity index (χ0v) is 12.9. The number of thioether (sulfide) groups is 1. The monoisotopic (exact) mass is 344 g/mol. The van der Waals surface area contributed by atoms with Gasteiger partial charge in [-0.25, -0.2) is 4.98 Å². The number of halogens is 2. The lowest BCUT2D eigenvalue weighted by molar-refractivity contribution is 0.453. The summed E-state index contributed by atoms with van der Waals surface area (Å²) in [6.45, 7) is 2.02. The highest BCUT2D eigenvalue weighted by molar-refractivity contribution is 9.10. The largest absolute Gasteiger partial charge is 0.438 e. The molecule has 3 nitrogen and oxygen atoms in total. The number of hydrogen-bond acceptors (Lipinski definition) is 4. The average molecular weight is 346 g/mol. The van der Waals surface area contributed by atoms with E-state index in [1.54, 1.807) is 6.07 Å². The number of ether oxygens (including phenoxy) is 1. The fourth-order valence-corrected chi connectivity index (χ4v) is 2.49. The Balaban J connectivity index is 2.30. The molecule has 0 unspecified atom stereocenters. The first-order chi connectivity index (χ1) is 8.58. The van der Waals surface area contributed by atoms with E-state index in [2.05, 4.69) is 25.9 Å². The van der Waals surface area contributed by atoms with Crippen molar-refractivity contribution in [2.75, 3.05) is 6.26 Å². The number of aromatic nitrogens is 2.